The maximum Gasteiger partial charge on any atom is 0.128 e. The summed E-state index contributed by atoms with van der Waals surface area (Å²) in [5.74, 6) is 1.44. The Morgan fingerprint density at radius 3 is 2.55 bits per heavy atom. The van der Waals surface area contributed by atoms with Gasteiger partial charge in [0.05, 0.1) is 13.2 Å². The largest absolute Gasteiger partial charge is 0.496 e. The third-order valence-electron chi connectivity index (χ3n) is 4.96. The van der Waals surface area contributed by atoms with E-state index in [1.54, 1.807) is 13.3 Å². The molecular formula is C24H26ClNO3. The fraction of sp³-hybridized carbons (Fsp3) is 0.292. The first-order valence-corrected chi connectivity index (χ1v) is 10.0. The minimum Gasteiger partial charge on any atom is -0.496 e. The van der Waals surface area contributed by atoms with Gasteiger partial charge in [0.25, 0.3) is 0 Å². The summed E-state index contributed by atoms with van der Waals surface area (Å²) in [6.07, 6.45) is 4.07. The lowest BCUT2D eigenvalue weighted by molar-refractivity contribution is 0.0420. The van der Waals surface area contributed by atoms with E-state index in [2.05, 4.69) is 4.98 Å². The van der Waals surface area contributed by atoms with Crippen LogP contribution in [0.25, 0.3) is 11.1 Å². The van der Waals surface area contributed by atoms with Crippen LogP contribution in [0.3, 0.4) is 0 Å². The Bertz CT molecular complexity index is 929. The predicted octanol–water partition coefficient (Wildman–Crippen LogP) is 5.48. The van der Waals surface area contributed by atoms with E-state index in [0.29, 0.717) is 17.2 Å². The molecule has 3 rings (SSSR count). The van der Waals surface area contributed by atoms with Gasteiger partial charge in [-0.05, 0) is 73.7 Å². The van der Waals surface area contributed by atoms with Crippen LogP contribution in [0.1, 0.15) is 24.5 Å². The van der Waals surface area contributed by atoms with Crippen molar-refractivity contribution in [1.82, 2.24) is 4.98 Å². The van der Waals surface area contributed by atoms with E-state index < -0.39 is 6.10 Å². The summed E-state index contributed by atoms with van der Waals surface area (Å²) in [7, 11) is 1.64. The Hall–Kier alpha value is -2.56. The van der Waals surface area contributed by atoms with E-state index in [-0.39, 0.29) is 6.10 Å². The van der Waals surface area contributed by atoms with Crippen LogP contribution in [0, 0.1) is 6.92 Å². The minimum atomic E-state index is -0.561. The maximum absolute atomic E-state index is 10.4. The van der Waals surface area contributed by atoms with Gasteiger partial charge >= 0.3 is 0 Å². The van der Waals surface area contributed by atoms with Gasteiger partial charge in [-0.2, -0.15) is 0 Å². The molecule has 0 bridgehead atoms. The van der Waals surface area contributed by atoms with Crippen molar-refractivity contribution in [2.75, 3.05) is 7.11 Å². The molecule has 1 heterocycles. The number of hydrogen-bond donors (Lipinski definition) is 1. The number of halogens is 1. The molecule has 2 atom stereocenters. The van der Waals surface area contributed by atoms with E-state index in [9.17, 15) is 5.11 Å². The summed E-state index contributed by atoms with van der Waals surface area (Å²) in [5.41, 5.74) is 4.09. The van der Waals surface area contributed by atoms with Crippen molar-refractivity contribution in [3.63, 3.8) is 0 Å². The molecule has 1 N–H and O–H groups in total. The van der Waals surface area contributed by atoms with E-state index in [1.165, 1.54) is 0 Å². The molecular weight excluding hydrogens is 386 g/mol. The number of pyridine rings is 1. The van der Waals surface area contributed by atoms with Gasteiger partial charge in [0.1, 0.15) is 17.6 Å². The second kappa shape index (κ2) is 9.77. The molecule has 1 aromatic heterocycles. The van der Waals surface area contributed by atoms with Crippen LogP contribution in [-0.2, 0) is 6.42 Å². The zero-order valence-electron chi connectivity index (χ0n) is 16.9. The van der Waals surface area contributed by atoms with Gasteiger partial charge in [0.2, 0.25) is 0 Å². The SMILES string of the molecule is COc1cc(Cl)c(C)cc1-c1ccc(OC(C)C(O)CCc2cccnc2)cc1. The lowest BCUT2D eigenvalue weighted by Gasteiger charge is -2.21. The zero-order chi connectivity index (χ0) is 20.8. The third kappa shape index (κ3) is 5.49. The van der Waals surface area contributed by atoms with Gasteiger partial charge in [0, 0.05) is 23.0 Å². The predicted molar refractivity (Wildman–Crippen MR) is 117 cm³/mol. The third-order valence-corrected chi connectivity index (χ3v) is 5.37. The number of benzene rings is 2. The van der Waals surface area contributed by atoms with Crippen molar-refractivity contribution < 1.29 is 14.6 Å². The topological polar surface area (TPSA) is 51.6 Å². The van der Waals surface area contributed by atoms with Crippen molar-refractivity contribution in [1.29, 1.82) is 0 Å². The zero-order valence-corrected chi connectivity index (χ0v) is 17.7. The van der Waals surface area contributed by atoms with Crippen LogP contribution in [-0.4, -0.2) is 29.4 Å². The summed E-state index contributed by atoms with van der Waals surface area (Å²) in [4.78, 5) is 4.10. The molecule has 29 heavy (non-hydrogen) atoms. The van der Waals surface area contributed by atoms with Crippen LogP contribution in [0.4, 0.5) is 0 Å². The number of aromatic nitrogens is 1. The molecule has 2 unspecified atom stereocenters. The Balaban J connectivity index is 1.64. The summed E-state index contributed by atoms with van der Waals surface area (Å²) in [5, 5.41) is 11.1. The molecule has 0 aliphatic carbocycles. The highest BCUT2D eigenvalue weighted by molar-refractivity contribution is 6.31. The van der Waals surface area contributed by atoms with Gasteiger partial charge in [0.15, 0.2) is 0 Å². The van der Waals surface area contributed by atoms with E-state index in [1.807, 2.05) is 68.6 Å². The Morgan fingerprint density at radius 2 is 1.90 bits per heavy atom. The molecule has 4 nitrogen and oxygen atoms in total. The Labute approximate surface area is 177 Å². The fourth-order valence-electron chi connectivity index (χ4n) is 3.16. The first-order chi connectivity index (χ1) is 14.0. The summed E-state index contributed by atoms with van der Waals surface area (Å²) in [6.45, 7) is 3.85. The number of aliphatic hydroxyl groups excluding tert-OH is 1. The highest BCUT2D eigenvalue weighted by Gasteiger charge is 2.16. The summed E-state index contributed by atoms with van der Waals surface area (Å²) < 4.78 is 11.4. The van der Waals surface area contributed by atoms with E-state index in [4.69, 9.17) is 21.1 Å². The van der Waals surface area contributed by atoms with Crippen LogP contribution in [0.15, 0.2) is 60.9 Å². The lowest BCUT2D eigenvalue weighted by Crippen LogP contribution is -2.29. The van der Waals surface area contributed by atoms with E-state index >= 15 is 0 Å². The number of rotatable bonds is 8. The molecule has 0 aliphatic heterocycles. The highest BCUT2D eigenvalue weighted by Crippen LogP contribution is 2.35. The molecule has 152 valence electrons. The quantitative estimate of drug-likeness (QED) is 0.533. The lowest BCUT2D eigenvalue weighted by atomic mass is 10.0. The molecule has 5 heteroatoms. The van der Waals surface area contributed by atoms with Gasteiger partial charge < -0.3 is 14.6 Å². The van der Waals surface area contributed by atoms with Crippen molar-refractivity contribution >= 4 is 11.6 Å². The first-order valence-electron chi connectivity index (χ1n) is 9.66. The number of aliphatic hydroxyl groups is 1. The van der Waals surface area contributed by atoms with Crippen LogP contribution < -0.4 is 9.47 Å². The standard InChI is InChI=1S/C24H26ClNO3/c1-16-13-21(24(28-3)14-22(16)25)19-7-9-20(10-8-19)29-17(2)23(27)11-6-18-5-4-12-26-15-18/h4-5,7-10,12-15,17,23,27H,6,11H2,1-3H3. The molecule has 0 spiro atoms. The molecule has 0 radical (unpaired) electrons. The van der Waals surface area contributed by atoms with Crippen molar-refractivity contribution in [3.05, 3.63) is 77.1 Å². The number of aryl methyl sites for hydroxylation is 2. The Kier molecular flexibility index (Phi) is 7.13. The second-order valence-electron chi connectivity index (χ2n) is 7.12. The van der Waals surface area contributed by atoms with Crippen molar-refractivity contribution in [2.45, 2.75) is 38.9 Å². The van der Waals surface area contributed by atoms with Gasteiger partial charge in [-0.3, -0.25) is 4.98 Å². The smallest absolute Gasteiger partial charge is 0.128 e. The highest BCUT2D eigenvalue weighted by atomic mass is 35.5. The molecule has 0 amide bonds. The minimum absolute atomic E-state index is 0.315. The number of ether oxygens (including phenoxy) is 2. The molecule has 0 aliphatic rings. The fourth-order valence-corrected chi connectivity index (χ4v) is 3.31. The van der Waals surface area contributed by atoms with Gasteiger partial charge in [-0.15, -0.1) is 0 Å². The monoisotopic (exact) mass is 411 g/mol. The van der Waals surface area contributed by atoms with Crippen molar-refractivity contribution in [2.24, 2.45) is 0 Å². The first kappa shape index (κ1) is 21.2. The van der Waals surface area contributed by atoms with Crippen LogP contribution in [0.2, 0.25) is 5.02 Å². The van der Waals surface area contributed by atoms with Gasteiger partial charge in [-0.25, -0.2) is 0 Å². The summed E-state index contributed by atoms with van der Waals surface area (Å²) >= 11 is 6.20. The van der Waals surface area contributed by atoms with Crippen LogP contribution in [0.5, 0.6) is 11.5 Å². The molecule has 0 saturated carbocycles. The second-order valence-corrected chi connectivity index (χ2v) is 7.52. The Morgan fingerprint density at radius 1 is 1.14 bits per heavy atom. The molecule has 2 aromatic carbocycles. The average molecular weight is 412 g/mol. The van der Waals surface area contributed by atoms with Gasteiger partial charge in [-0.1, -0.05) is 29.8 Å². The van der Waals surface area contributed by atoms with E-state index in [0.717, 1.165) is 34.4 Å². The molecule has 0 saturated heterocycles. The number of nitrogens with zero attached hydrogens (tertiary/aromatic N) is 1. The van der Waals surface area contributed by atoms with Crippen LogP contribution >= 0.6 is 11.6 Å². The molecule has 3 aromatic rings. The molecule has 0 fully saturated rings. The number of methoxy groups -OCH3 is 1. The average Bonchev–Trinajstić information content (AvgIpc) is 2.75. The maximum atomic E-state index is 10.4. The normalized spacial score (nSPS) is 13.0. The number of hydrogen-bond acceptors (Lipinski definition) is 4. The van der Waals surface area contributed by atoms with Crippen molar-refractivity contribution in [3.8, 4) is 22.6 Å². The summed E-state index contributed by atoms with van der Waals surface area (Å²) in [6, 6.07) is 15.5.